The predicted octanol–water partition coefficient (Wildman–Crippen LogP) is 2.58. The first-order chi connectivity index (χ1) is 9.40. The normalized spacial score (nSPS) is 27.3. The zero-order chi connectivity index (χ0) is 13.1. The zero-order valence-corrected chi connectivity index (χ0v) is 11.1. The topological polar surface area (TPSA) is 40.0 Å². The molecule has 1 aromatic carbocycles. The molecule has 3 rings (SSSR count). The van der Waals surface area contributed by atoms with Gasteiger partial charge in [-0.1, -0.05) is 48.8 Å². The molecule has 0 saturated carbocycles. The van der Waals surface area contributed by atoms with Crippen LogP contribution in [0.25, 0.3) is 0 Å². The Hall–Kier alpha value is -1.39. The van der Waals surface area contributed by atoms with Crippen LogP contribution in [0.4, 0.5) is 0 Å². The number of nitrogens with zero attached hydrogens (tertiary/aromatic N) is 1. The average Bonchev–Trinajstić information content (AvgIpc) is 3.09. The highest BCUT2D eigenvalue weighted by atomic mass is 16.8. The summed E-state index contributed by atoms with van der Waals surface area (Å²) < 4.78 is 11.2. The Balaban J connectivity index is 1.81. The molecule has 0 radical (unpaired) electrons. The fraction of sp³-hybridized carbons (Fsp3) is 0.533. The Bertz CT molecular complexity index is 440. The van der Waals surface area contributed by atoms with Gasteiger partial charge in [-0.15, -0.1) is 0 Å². The van der Waals surface area contributed by atoms with E-state index < -0.39 is 0 Å². The smallest absolute Gasteiger partial charge is 0.198 e. The summed E-state index contributed by atoms with van der Waals surface area (Å²) in [6.07, 6.45) is 1.73. The number of ether oxygens (including phenoxy) is 2. The Morgan fingerprint density at radius 3 is 2.58 bits per heavy atom. The molecule has 1 fully saturated rings. The van der Waals surface area contributed by atoms with Gasteiger partial charge in [-0.25, -0.2) is 0 Å². The maximum Gasteiger partial charge on any atom is 0.198 e. The lowest BCUT2D eigenvalue weighted by molar-refractivity contribution is -0.145. The molecule has 19 heavy (non-hydrogen) atoms. The van der Waals surface area contributed by atoms with Crippen LogP contribution in [-0.4, -0.2) is 31.3 Å². The van der Waals surface area contributed by atoms with Crippen LogP contribution in [0.5, 0.6) is 0 Å². The highest BCUT2D eigenvalue weighted by molar-refractivity contribution is 6.03. The second kappa shape index (κ2) is 5.72. The molecule has 2 atom stereocenters. The summed E-state index contributed by atoms with van der Waals surface area (Å²) in [5, 5.41) is 4.29. The summed E-state index contributed by atoms with van der Waals surface area (Å²) in [7, 11) is 0. The molecule has 0 bridgehead atoms. The quantitative estimate of drug-likeness (QED) is 0.836. The second-order valence-corrected chi connectivity index (χ2v) is 4.92. The molecule has 2 unspecified atom stereocenters. The van der Waals surface area contributed by atoms with Crippen molar-refractivity contribution in [2.45, 2.75) is 32.2 Å². The van der Waals surface area contributed by atoms with Gasteiger partial charge in [0.2, 0.25) is 0 Å². The predicted molar refractivity (Wildman–Crippen MR) is 71.9 cm³/mol. The zero-order valence-electron chi connectivity index (χ0n) is 11.1. The molecule has 4 heteroatoms. The maximum absolute atomic E-state index is 5.61. The molecule has 4 nitrogen and oxygen atoms in total. The van der Waals surface area contributed by atoms with E-state index >= 15 is 0 Å². The van der Waals surface area contributed by atoms with Gasteiger partial charge in [0.05, 0.1) is 24.8 Å². The number of oxime groups is 1. The maximum atomic E-state index is 5.61. The van der Waals surface area contributed by atoms with Crippen molar-refractivity contribution in [2.75, 3.05) is 13.2 Å². The SMILES string of the molecule is CCCC1C(c2ccccc2)=NOC1C1OCCO1. The van der Waals surface area contributed by atoms with Gasteiger partial charge >= 0.3 is 0 Å². The van der Waals surface area contributed by atoms with E-state index in [1.807, 2.05) is 18.2 Å². The minimum atomic E-state index is -0.276. The van der Waals surface area contributed by atoms with Crippen molar-refractivity contribution < 1.29 is 14.3 Å². The Morgan fingerprint density at radius 1 is 1.16 bits per heavy atom. The molecule has 0 aliphatic carbocycles. The van der Waals surface area contributed by atoms with Crippen LogP contribution in [-0.2, 0) is 14.3 Å². The summed E-state index contributed by atoms with van der Waals surface area (Å²) in [5.41, 5.74) is 2.15. The van der Waals surface area contributed by atoms with E-state index in [-0.39, 0.29) is 18.3 Å². The fourth-order valence-corrected chi connectivity index (χ4v) is 2.71. The molecule has 1 saturated heterocycles. The van der Waals surface area contributed by atoms with Crippen LogP contribution in [0, 0.1) is 5.92 Å². The van der Waals surface area contributed by atoms with E-state index in [2.05, 4.69) is 24.2 Å². The van der Waals surface area contributed by atoms with E-state index in [0.717, 1.165) is 24.1 Å². The summed E-state index contributed by atoms with van der Waals surface area (Å²) >= 11 is 0. The average molecular weight is 261 g/mol. The first kappa shape index (κ1) is 12.6. The summed E-state index contributed by atoms with van der Waals surface area (Å²) in [6.45, 7) is 3.46. The van der Waals surface area contributed by atoms with Crippen molar-refractivity contribution in [3.8, 4) is 0 Å². The van der Waals surface area contributed by atoms with Crippen molar-refractivity contribution in [1.82, 2.24) is 0 Å². The van der Waals surface area contributed by atoms with Crippen LogP contribution in [0.1, 0.15) is 25.3 Å². The molecule has 2 aliphatic heterocycles. The van der Waals surface area contributed by atoms with Gasteiger partial charge in [0.1, 0.15) is 0 Å². The lowest BCUT2D eigenvalue weighted by Crippen LogP contribution is -2.35. The number of hydrogen-bond acceptors (Lipinski definition) is 4. The minimum Gasteiger partial charge on any atom is -0.386 e. The molecule has 0 N–H and O–H groups in total. The van der Waals surface area contributed by atoms with Crippen molar-refractivity contribution >= 4 is 5.71 Å². The molecule has 2 heterocycles. The lowest BCUT2D eigenvalue weighted by Gasteiger charge is -2.22. The second-order valence-electron chi connectivity index (χ2n) is 4.92. The van der Waals surface area contributed by atoms with E-state index in [1.165, 1.54) is 0 Å². The Morgan fingerprint density at radius 2 is 1.89 bits per heavy atom. The van der Waals surface area contributed by atoms with Gasteiger partial charge in [0.15, 0.2) is 12.4 Å². The molecule has 0 spiro atoms. The van der Waals surface area contributed by atoms with Crippen molar-refractivity contribution in [3.05, 3.63) is 35.9 Å². The first-order valence-corrected chi connectivity index (χ1v) is 6.92. The first-order valence-electron chi connectivity index (χ1n) is 6.92. The number of rotatable bonds is 4. The van der Waals surface area contributed by atoms with Crippen LogP contribution in [0.2, 0.25) is 0 Å². The molecular weight excluding hydrogens is 242 g/mol. The summed E-state index contributed by atoms with van der Waals surface area (Å²) in [4.78, 5) is 5.61. The van der Waals surface area contributed by atoms with Crippen LogP contribution in [0.3, 0.4) is 0 Å². The number of hydrogen-bond donors (Lipinski definition) is 0. The number of benzene rings is 1. The largest absolute Gasteiger partial charge is 0.386 e. The van der Waals surface area contributed by atoms with Gasteiger partial charge in [-0.05, 0) is 12.0 Å². The fourth-order valence-electron chi connectivity index (χ4n) is 2.71. The molecule has 102 valence electrons. The van der Waals surface area contributed by atoms with Gasteiger partial charge < -0.3 is 14.3 Å². The molecule has 0 aromatic heterocycles. The summed E-state index contributed by atoms with van der Waals surface area (Å²) in [6, 6.07) is 10.2. The Labute approximate surface area is 113 Å². The van der Waals surface area contributed by atoms with Gasteiger partial charge in [0, 0.05) is 0 Å². The van der Waals surface area contributed by atoms with E-state index in [4.69, 9.17) is 14.3 Å². The van der Waals surface area contributed by atoms with Crippen LogP contribution in [0.15, 0.2) is 35.5 Å². The van der Waals surface area contributed by atoms with Crippen molar-refractivity contribution in [2.24, 2.45) is 11.1 Å². The third-order valence-electron chi connectivity index (χ3n) is 3.61. The van der Waals surface area contributed by atoms with E-state index in [1.54, 1.807) is 0 Å². The van der Waals surface area contributed by atoms with Crippen molar-refractivity contribution in [3.63, 3.8) is 0 Å². The van der Waals surface area contributed by atoms with E-state index in [0.29, 0.717) is 13.2 Å². The molecule has 2 aliphatic rings. The van der Waals surface area contributed by atoms with Crippen LogP contribution >= 0.6 is 0 Å². The minimum absolute atomic E-state index is 0.113. The van der Waals surface area contributed by atoms with Crippen LogP contribution < -0.4 is 0 Å². The monoisotopic (exact) mass is 261 g/mol. The molecule has 1 aromatic rings. The van der Waals surface area contributed by atoms with Gasteiger partial charge in [0.25, 0.3) is 0 Å². The Kier molecular flexibility index (Phi) is 3.80. The highest BCUT2D eigenvalue weighted by Gasteiger charge is 2.42. The highest BCUT2D eigenvalue weighted by Crippen LogP contribution is 2.31. The third kappa shape index (κ3) is 2.51. The van der Waals surface area contributed by atoms with Gasteiger partial charge in [-0.2, -0.15) is 0 Å². The third-order valence-corrected chi connectivity index (χ3v) is 3.61. The lowest BCUT2D eigenvalue weighted by atomic mass is 9.88. The standard InChI is InChI=1S/C15H19NO3/c1-2-6-12-13(11-7-4-3-5-8-11)16-19-14(12)15-17-9-10-18-15/h3-5,7-8,12,14-15H,2,6,9-10H2,1H3. The molecule has 0 amide bonds. The van der Waals surface area contributed by atoms with E-state index in [9.17, 15) is 0 Å². The summed E-state index contributed by atoms with van der Waals surface area (Å²) in [5.74, 6) is 0.246. The van der Waals surface area contributed by atoms with Gasteiger partial charge in [-0.3, -0.25) is 0 Å². The molecular formula is C15H19NO3. The van der Waals surface area contributed by atoms with Crippen molar-refractivity contribution in [1.29, 1.82) is 0 Å².